The second kappa shape index (κ2) is 11.0. The van der Waals surface area contributed by atoms with Crippen LogP contribution in [0, 0.1) is 22.7 Å². The summed E-state index contributed by atoms with van der Waals surface area (Å²) in [6.45, 7) is 6.61. The van der Waals surface area contributed by atoms with Gasteiger partial charge in [0.1, 0.15) is 5.60 Å². The van der Waals surface area contributed by atoms with Crippen molar-refractivity contribution in [3.8, 4) is 0 Å². The van der Waals surface area contributed by atoms with Gasteiger partial charge in [-0.1, -0.05) is 67.9 Å². The van der Waals surface area contributed by atoms with Crippen molar-refractivity contribution in [1.29, 1.82) is 0 Å². The van der Waals surface area contributed by atoms with Gasteiger partial charge >= 0.3 is 12.1 Å². The summed E-state index contributed by atoms with van der Waals surface area (Å²) in [5.41, 5.74) is 5.67. The summed E-state index contributed by atoms with van der Waals surface area (Å²) in [5.74, 6) is -7.55. The highest BCUT2D eigenvalue weighted by atomic mass is 19.4. The van der Waals surface area contributed by atoms with Gasteiger partial charge in [0.15, 0.2) is 5.79 Å². The van der Waals surface area contributed by atoms with Crippen molar-refractivity contribution in [2.45, 2.75) is 107 Å². The number of nitrogens with zero attached hydrogens (tertiary/aromatic N) is 3. The maximum absolute atomic E-state index is 15.0. The number of halogens is 5. The van der Waals surface area contributed by atoms with E-state index < -0.39 is 46.8 Å². The molecule has 0 bridgehead atoms. The smallest absolute Gasteiger partial charge is 0.385 e. The van der Waals surface area contributed by atoms with Crippen LogP contribution in [0.4, 0.5) is 22.0 Å². The maximum Gasteiger partial charge on any atom is 0.456 e. The Hall–Kier alpha value is -2.50. The van der Waals surface area contributed by atoms with Crippen LogP contribution in [0.25, 0.3) is 16.5 Å². The summed E-state index contributed by atoms with van der Waals surface area (Å²) in [6.07, 6.45) is -1.39. The highest BCUT2D eigenvalue weighted by molar-refractivity contribution is 5.52. The minimum atomic E-state index is -5.87. The molecule has 0 amide bonds. The van der Waals surface area contributed by atoms with Crippen molar-refractivity contribution in [3.63, 3.8) is 0 Å². The average Bonchev–Trinajstić information content (AvgIpc) is 3.28. The van der Waals surface area contributed by atoms with Crippen molar-refractivity contribution >= 4 is 6.08 Å². The molecule has 2 N–H and O–H groups in total. The fourth-order valence-corrected chi connectivity index (χ4v) is 9.44. The summed E-state index contributed by atoms with van der Waals surface area (Å²) in [5, 5.41) is 27.2. The van der Waals surface area contributed by atoms with Crippen LogP contribution in [0.2, 0.25) is 0 Å². The van der Waals surface area contributed by atoms with Crippen LogP contribution in [0.3, 0.4) is 0 Å². The molecule has 252 valence electrons. The maximum atomic E-state index is 15.0. The van der Waals surface area contributed by atoms with Crippen LogP contribution in [-0.2, 0) is 9.47 Å². The van der Waals surface area contributed by atoms with Gasteiger partial charge in [-0.05, 0) is 72.6 Å². The minimum Gasteiger partial charge on any atom is -0.385 e. The van der Waals surface area contributed by atoms with Gasteiger partial charge in [-0.2, -0.15) is 22.0 Å². The molecule has 4 aliphatic carbocycles. The molecule has 3 saturated carbocycles. The molecule has 46 heavy (non-hydrogen) atoms. The number of azide groups is 1. The molecule has 0 radical (unpaired) electrons. The number of hydrogen-bond acceptors (Lipinski definition) is 5. The van der Waals surface area contributed by atoms with E-state index in [1.807, 2.05) is 44.2 Å². The van der Waals surface area contributed by atoms with Gasteiger partial charge < -0.3 is 19.7 Å². The Morgan fingerprint density at radius 3 is 2.30 bits per heavy atom. The number of rotatable bonds is 5. The standard InChI is InChI=1S/C34H42F5N3O4/c1-28(2)19-45-31(46-20-28)17-25(22-8-6-21(7-9-22)5-4-16-41-42-40)27-24-10-13-29(3)26(23(24)11-14-30(27,43)18-31)12-15-32(29,44)33(35,36)34(37,38)39/h4-9,23,25-26,43-44H,10-20H2,1-3H3/b5-4+/t23-,25?,26+,29+,30-,32+/m1/s1. The molecular formula is C34H42F5N3O4. The largest absolute Gasteiger partial charge is 0.456 e. The lowest BCUT2D eigenvalue weighted by molar-refractivity contribution is -0.362. The van der Waals surface area contributed by atoms with E-state index in [1.165, 1.54) is 6.92 Å². The first-order valence-electron chi connectivity index (χ1n) is 16.1. The Labute approximate surface area is 265 Å². The van der Waals surface area contributed by atoms with Crippen molar-refractivity contribution < 1.29 is 41.6 Å². The lowest BCUT2D eigenvalue weighted by atomic mass is 9.51. The minimum absolute atomic E-state index is 0.0424. The number of allylic oxidation sites excluding steroid dienone is 1. The first kappa shape index (κ1) is 33.4. The van der Waals surface area contributed by atoms with Crippen LogP contribution in [-0.4, -0.2) is 59.1 Å². The van der Waals surface area contributed by atoms with Crippen molar-refractivity contribution in [2.24, 2.45) is 27.8 Å². The Morgan fingerprint density at radius 2 is 1.67 bits per heavy atom. The predicted octanol–water partition coefficient (Wildman–Crippen LogP) is 8.23. The lowest BCUT2D eigenvalue weighted by Crippen LogP contribution is -2.65. The second-order valence-corrected chi connectivity index (χ2v) is 15.2. The fraction of sp³-hybridized carbons (Fsp3) is 0.706. The van der Waals surface area contributed by atoms with E-state index in [0.29, 0.717) is 26.1 Å². The summed E-state index contributed by atoms with van der Waals surface area (Å²) < 4.78 is 83.8. The molecule has 4 fully saturated rings. The third-order valence-electron chi connectivity index (χ3n) is 11.8. The van der Waals surface area contributed by atoms with Crippen molar-refractivity contribution in [1.82, 2.24) is 0 Å². The molecular weight excluding hydrogens is 609 g/mol. The quantitative estimate of drug-likeness (QED) is 0.110. The molecule has 1 spiro atoms. The Balaban J connectivity index is 1.40. The summed E-state index contributed by atoms with van der Waals surface area (Å²) in [4.78, 5) is 2.75. The Bertz CT molecular complexity index is 1460. The monoisotopic (exact) mass is 651 g/mol. The molecule has 1 unspecified atom stereocenters. The van der Waals surface area contributed by atoms with Gasteiger partial charge in [0.2, 0.25) is 0 Å². The van der Waals surface area contributed by atoms with Crippen LogP contribution in [0.1, 0.15) is 89.2 Å². The van der Waals surface area contributed by atoms with Gasteiger partial charge in [0, 0.05) is 41.0 Å². The Morgan fingerprint density at radius 1 is 1.00 bits per heavy atom. The van der Waals surface area contributed by atoms with Crippen molar-refractivity contribution in [2.75, 3.05) is 19.8 Å². The molecule has 1 heterocycles. The van der Waals surface area contributed by atoms with Crippen LogP contribution >= 0.6 is 0 Å². The summed E-state index contributed by atoms with van der Waals surface area (Å²) in [6, 6.07) is 7.78. The van der Waals surface area contributed by atoms with Crippen molar-refractivity contribution in [3.05, 3.63) is 63.1 Å². The highest BCUT2D eigenvalue weighted by Gasteiger charge is 2.78. The third-order valence-corrected chi connectivity index (χ3v) is 11.8. The van der Waals surface area contributed by atoms with E-state index in [-0.39, 0.29) is 55.9 Å². The summed E-state index contributed by atoms with van der Waals surface area (Å²) >= 11 is 0. The first-order valence-corrected chi connectivity index (χ1v) is 16.1. The molecule has 6 rings (SSSR count). The number of hydrogen-bond donors (Lipinski definition) is 2. The fourth-order valence-electron chi connectivity index (χ4n) is 9.44. The number of fused-ring (bicyclic) bond motifs is 4. The molecule has 12 heteroatoms. The van der Waals surface area contributed by atoms with Gasteiger partial charge in [0.05, 0.1) is 18.8 Å². The number of alkyl halides is 5. The molecule has 6 atom stereocenters. The van der Waals surface area contributed by atoms with Gasteiger partial charge in [-0.15, -0.1) is 0 Å². The molecule has 7 nitrogen and oxygen atoms in total. The van der Waals surface area contributed by atoms with E-state index in [9.17, 15) is 32.2 Å². The number of aliphatic hydroxyl groups is 2. The number of ether oxygens (including phenoxy) is 2. The van der Waals surface area contributed by atoms with Crippen LogP contribution in [0.5, 0.6) is 0 Å². The highest BCUT2D eigenvalue weighted by Crippen LogP contribution is 2.70. The van der Waals surface area contributed by atoms with Crippen LogP contribution < -0.4 is 0 Å². The van der Waals surface area contributed by atoms with E-state index in [0.717, 1.165) is 22.3 Å². The van der Waals surface area contributed by atoms with E-state index in [4.69, 9.17) is 15.0 Å². The normalized spacial score (nSPS) is 37.0. The van der Waals surface area contributed by atoms with Gasteiger partial charge in [-0.25, -0.2) is 0 Å². The van der Waals surface area contributed by atoms with Gasteiger partial charge in [-0.3, -0.25) is 0 Å². The molecule has 1 aromatic rings. The zero-order valence-electron chi connectivity index (χ0n) is 26.4. The van der Waals surface area contributed by atoms with E-state index in [1.54, 1.807) is 6.08 Å². The molecule has 1 aliphatic heterocycles. The molecule has 1 aromatic carbocycles. The molecule has 5 aliphatic rings. The predicted molar refractivity (Wildman–Crippen MR) is 161 cm³/mol. The second-order valence-electron chi connectivity index (χ2n) is 15.2. The molecule has 0 aromatic heterocycles. The average molecular weight is 652 g/mol. The lowest BCUT2D eigenvalue weighted by Gasteiger charge is -2.59. The van der Waals surface area contributed by atoms with E-state index in [2.05, 4.69) is 10.0 Å². The first-order chi connectivity index (χ1) is 21.4. The SMILES string of the molecule is CC1(C)COC2(CC(c3ccc(/C=C/CN=[N+]=[N-])cc3)C3=C4CC[C@@]5(C)[C@@H](CC[C@@]5(O)C(F)(F)C(F)(F)F)[C@@H]4CC[C@@]3(O)C2)OC1. The Kier molecular flexibility index (Phi) is 8.00. The zero-order valence-corrected chi connectivity index (χ0v) is 26.4. The molecule has 1 saturated heterocycles. The number of benzene rings is 1. The summed E-state index contributed by atoms with van der Waals surface area (Å²) in [7, 11) is 0. The van der Waals surface area contributed by atoms with Gasteiger partial charge in [0.25, 0.3) is 0 Å². The van der Waals surface area contributed by atoms with Crippen LogP contribution in [0.15, 0.2) is 46.6 Å². The third kappa shape index (κ3) is 5.10. The zero-order chi connectivity index (χ0) is 33.4. The topological polar surface area (TPSA) is 108 Å². The van der Waals surface area contributed by atoms with E-state index >= 15 is 0 Å².